The Morgan fingerprint density at radius 1 is 1.15 bits per heavy atom. The second-order valence-corrected chi connectivity index (χ2v) is 3.24. The summed E-state index contributed by atoms with van der Waals surface area (Å²) in [6.45, 7) is 2.09. The third-order valence-corrected chi connectivity index (χ3v) is 2.26. The normalized spacial score (nSPS) is 10.3. The summed E-state index contributed by atoms with van der Waals surface area (Å²) in [6.07, 6.45) is 3.28. The van der Waals surface area contributed by atoms with Gasteiger partial charge >= 0.3 is 0 Å². The van der Waals surface area contributed by atoms with Crippen molar-refractivity contribution in [2.45, 2.75) is 6.92 Å². The van der Waals surface area contributed by atoms with Gasteiger partial charge in [0, 0.05) is 18.3 Å². The first kappa shape index (κ1) is 8.11. The van der Waals surface area contributed by atoms with Crippen LogP contribution in [0.5, 0.6) is 0 Å². The molecule has 1 aromatic carbocycles. The Morgan fingerprint density at radius 3 is 2.38 bits per heavy atom. The molecule has 0 bridgehead atoms. The average Bonchev–Trinajstić information content (AvgIpc) is 2.49. The molecule has 0 amide bonds. The van der Waals surface area contributed by atoms with E-state index in [1.807, 2.05) is 29.8 Å². The van der Waals surface area contributed by atoms with Gasteiger partial charge in [-0.05, 0) is 18.6 Å². The molecule has 65 valence electrons. The summed E-state index contributed by atoms with van der Waals surface area (Å²) in [7, 11) is 2.02. The van der Waals surface area contributed by atoms with Gasteiger partial charge in [-0.2, -0.15) is 0 Å². The van der Waals surface area contributed by atoms with Gasteiger partial charge in [-0.1, -0.05) is 30.3 Å². The van der Waals surface area contributed by atoms with Crippen LogP contribution in [0.2, 0.25) is 0 Å². The fraction of sp³-hybridized carbons (Fsp3) is 0.167. The number of aromatic nitrogens is 1. The van der Waals surface area contributed by atoms with Gasteiger partial charge in [0.05, 0.1) is 6.20 Å². The molecule has 1 radical (unpaired) electrons. The predicted octanol–water partition coefficient (Wildman–Crippen LogP) is 2.80. The van der Waals surface area contributed by atoms with Crippen molar-refractivity contribution in [2.24, 2.45) is 7.05 Å². The lowest BCUT2D eigenvalue weighted by Crippen LogP contribution is -1.85. The molecule has 0 unspecified atom stereocenters. The fourth-order valence-electron chi connectivity index (χ4n) is 1.37. The van der Waals surface area contributed by atoms with Crippen LogP contribution in [0.25, 0.3) is 11.1 Å². The van der Waals surface area contributed by atoms with Crippen molar-refractivity contribution in [3.05, 3.63) is 48.3 Å². The van der Waals surface area contributed by atoms with Crippen LogP contribution in [0, 0.1) is 13.1 Å². The highest BCUT2D eigenvalue weighted by atomic mass is 14.9. The molecule has 0 aliphatic carbocycles. The molecule has 0 spiro atoms. The van der Waals surface area contributed by atoms with Crippen LogP contribution in [0.4, 0.5) is 0 Å². The Bertz CT molecular complexity index is 379. The fourth-order valence-corrected chi connectivity index (χ4v) is 1.37. The first-order chi connectivity index (χ1) is 6.27. The maximum absolute atomic E-state index is 3.28. The maximum Gasteiger partial charge on any atom is 0.0733 e. The van der Waals surface area contributed by atoms with Crippen molar-refractivity contribution in [3.63, 3.8) is 0 Å². The summed E-state index contributed by atoms with van der Waals surface area (Å²) in [4.78, 5) is 0. The van der Waals surface area contributed by atoms with E-state index in [-0.39, 0.29) is 0 Å². The van der Waals surface area contributed by atoms with E-state index in [0.29, 0.717) is 0 Å². The minimum Gasteiger partial charge on any atom is -0.346 e. The lowest BCUT2D eigenvalue weighted by molar-refractivity contribution is 0.875. The van der Waals surface area contributed by atoms with Crippen LogP contribution in [0.1, 0.15) is 5.69 Å². The van der Waals surface area contributed by atoms with Gasteiger partial charge in [0.15, 0.2) is 0 Å². The smallest absolute Gasteiger partial charge is 0.0733 e. The van der Waals surface area contributed by atoms with Crippen molar-refractivity contribution < 1.29 is 0 Å². The lowest BCUT2D eigenvalue weighted by Gasteiger charge is -1.93. The van der Waals surface area contributed by atoms with Crippen LogP contribution < -0.4 is 0 Å². The second-order valence-electron chi connectivity index (χ2n) is 3.24. The van der Waals surface area contributed by atoms with E-state index in [1.165, 1.54) is 16.8 Å². The quantitative estimate of drug-likeness (QED) is 0.620. The van der Waals surface area contributed by atoms with E-state index in [9.17, 15) is 0 Å². The minimum atomic E-state index is 1.17. The summed E-state index contributed by atoms with van der Waals surface area (Å²) >= 11 is 0. The Labute approximate surface area is 78.6 Å². The molecule has 0 N–H and O–H groups in total. The van der Waals surface area contributed by atoms with Crippen molar-refractivity contribution in [1.82, 2.24) is 4.57 Å². The monoisotopic (exact) mass is 170 g/mol. The predicted molar refractivity (Wildman–Crippen MR) is 54.4 cm³/mol. The van der Waals surface area contributed by atoms with Crippen molar-refractivity contribution in [1.29, 1.82) is 0 Å². The summed E-state index contributed by atoms with van der Waals surface area (Å²) in [5, 5.41) is 0. The van der Waals surface area contributed by atoms with Crippen LogP contribution in [-0.4, -0.2) is 4.57 Å². The molecular formula is C12H12N. The largest absolute Gasteiger partial charge is 0.346 e. The second kappa shape index (κ2) is 3.09. The third kappa shape index (κ3) is 1.50. The van der Waals surface area contributed by atoms with Gasteiger partial charge in [0.2, 0.25) is 0 Å². The summed E-state index contributed by atoms with van der Waals surface area (Å²) in [6, 6.07) is 12.5. The van der Waals surface area contributed by atoms with E-state index in [1.54, 1.807) is 0 Å². The Kier molecular flexibility index (Phi) is 1.93. The molecule has 2 aromatic rings. The number of hydrogen-bond acceptors (Lipinski definition) is 0. The van der Waals surface area contributed by atoms with E-state index in [2.05, 4.69) is 31.3 Å². The first-order valence-corrected chi connectivity index (χ1v) is 4.38. The molecular weight excluding hydrogens is 158 g/mol. The lowest BCUT2D eigenvalue weighted by atomic mass is 10.1. The molecule has 0 saturated heterocycles. The number of nitrogens with zero attached hydrogens (tertiary/aromatic N) is 1. The topological polar surface area (TPSA) is 4.93 Å². The van der Waals surface area contributed by atoms with Gasteiger partial charge in [-0.25, -0.2) is 0 Å². The zero-order valence-electron chi connectivity index (χ0n) is 7.91. The first-order valence-electron chi connectivity index (χ1n) is 4.38. The van der Waals surface area contributed by atoms with Crippen LogP contribution in [-0.2, 0) is 7.05 Å². The van der Waals surface area contributed by atoms with Gasteiger partial charge in [0.1, 0.15) is 0 Å². The summed E-state index contributed by atoms with van der Waals surface area (Å²) < 4.78 is 2.02. The maximum atomic E-state index is 3.28. The number of rotatable bonds is 1. The van der Waals surface area contributed by atoms with Gasteiger partial charge < -0.3 is 4.57 Å². The van der Waals surface area contributed by atoms with Crippen molar-refractivity contribution >= 4 is 0 Å². The molecule has 0 saturated carbocycles. The molecule has 2 rings (SSSR count). The van der Waals surface area contributed by atoms with E-state index in [0.717, 1.165) is 0 Å². The summed E-state index contributed by atoms with van der Waals surface area (Å²) in [5.74, 6) is 0. The SMILES string of the molecule is Cc1cc(-c2ccccc2)[c]n1C. The number of hydrogen-bond donors (Lipinski definition) is 0. The molecule has 0 aliphatic heterocycles. The van der Waals surface area contributed by atoms with E-state index < -0.39 is 0 Å². The molecule has 1 heterocycles. The average molecular weight is 170 g/mol. The molecule has 0 fully saturated rings. The van der Waals surface area contributed by atoms with Crippen molar-refractivity contribution in [3.8, 4) is 11.1 Å². The van der Waals surface area contributed by atoms with Crippen LogP contribution >= 0.6 is 0 Å². The zero-order valence-corrected chi connectivity index (χ0v) is 7.91. The van der Waals surface area contributed by atoms with E-state index in [4.69, 9.17) is 0 Å². The van der Waals surface area contributed by atoms with E-state index >= 15 is 0 Å². The highest BCUT2D eigenvalue weighted by Gasteiger charge is 2.00. The number of benzene rings is 1. The highest BCUT2D eigenvalue weighted by Crippen LogP contribution is 2.19. The Morgan fingerprint density at radius 2 is 1.85 bits per heavy atom. The molecule has 1 nitrogen and oxygen atoms in total. The standard InChI is InChI=1S/C12H12N/c1-10-8-12(9-13(10)2)11-6-4-3-5-7-11/h3-8H,1-2H3. The zero-order chi connectivity index (χ0) is 9.26. The molecule has 0 aliphatic rings. The van der Waals surface area contributed by atoms with Gasteiger partial charge in [-0.15, -0.1) is 0 Å². The Balaban J connectivity index is 2.48. The molecule has 1 aromatic heterocycles. The molecule has 13 heavy (non-hydrogen) atoms. The van der Waals surface area contributed by atoms with Gasteiger partial charge in [0.25, 0.3) is 0 Å². The summed E-state index contributed by atoms with van der Waals surface area (Å²) in [5.41, 5.74) is 3.63. The van der Waals surface area contributed by atoms with Gasteiger partial charge in [-0.3, -0.25) is 0 Å². The number of aryl methyl sites for hydroxylation is 2. The Hall–Kier alpha value is -1.50. The van der Waals surface area contributed by atoms with Crippen LogP contribution in [0.15, 0.2) is 36.4 Å². The molecule has 1 heteroatoms. The van der Waals surface area contributed by atoms with Crippen molar-refractivity contribution in [2.75, 3.05) is 0 Å². The highest BCUT2D eigenvalue weighted by molar-refractivity contribution is 5.62. The third-order valence-electron chi connectivity index (χ3n) is 2.26. The minimum absolute atomic E-state index is 1.17. The van der Waals surface area contributed by atoms with Crippen LogP contribution in [0.3, 0.4) is 0 Å². The molecule has 0 atom stereocenters.